The van der Waals surface area contributed by atoms with Crippen molar-refractivity contribution in [3.8, 4) is 0 Å². The predicted molar refractivity (Wildman–Crippen MR) is 77.6 cm³/mol. The topological polar surface area (TPSA) is 58.6 Å². The van der Waals surface area contributed by atoms with Crippen molar-refractivity contribution < 1.29 is 14.3 Å². The van der Waals surface area contributed by atoms with E-state index in [0.29, 0.717) is 17.1 Å². The number of hydrogen-bond acceptors (Lipinski definition) is 4. The molecular weight excluding hydrogens is 280 g/mol. The summed E-state index contributed by atoms with van der Waals surface area (Å²) in [5.74, 6) is -0.00916. The molecule has 2 rings (SSSR count). The zero-order valence-corrected chi connectivity index (χ0v) is 12.2. The van der Waals surface area contributed by atoms with E-state index in [9.17, 15) is 9.59 Å². The summed E-state index contributed by atoms with van der Waals surface area (Å²) in [6.45, 7) is 2.99. The summed E-state index contributed by atoms with van der Waals surface area (Å²) in [6.07, 6.45) is 0.412. The lowest BCUT2D eigenvalue weighted by atomic mass is 10.1. The number of carbonyl (C=O) groups is 2. The Balaban J connectivity index is 2.06. The summed E-state index contributed by atoms with van der Waals surface area (Å²) in [5.41, 5.74) is 1.48. The van der Waals surface area contributed by atoms with E-state index in [-0.39, 0.29) is 11.8 Å². The molecule has 1 amide bonds. The Morgan fingerprint density at radius 3 is 2.80 bits per heavy atom. The molecule has 1 aromatic rings. The van der Waals surface area contributed by atoms with Crippen molar-refractivity contribution in [2.45, 2.75) is 19.4 Å². The number of benzene rings is 1. The second-order valence-corrected chi connectivity index (χ2v) is 5.20. The largest absolute Gasteiger partial charge is 0.453 e. The van der Waals surface area contributed by atoms with Gasteiger partial charge in [-0.15, -0.1) is 0 Å². The molecule has 0 saturated carbocycles. The first-order valence-electron chi connectivity index (χ1n) is 6.41. The van der Waals surface area contributed by atoms with E-state index in [1.807, 2.05) is 6.07 Å². The van der Waals surface area contributed by atoms with Gasteiger partial charge in [0.15, 0.2) is 5.78 Å². The summed E-state index contributed by atoms with van der Waals surface area (Å²) in [7, 11) is 1.35. The molecule has 1 aromatic carbocycles. The second kappa shape index (κ2) is 6.13. The van der Waals surface area contributed by atoms with Crippen LogP contribution in [0.5, 0.6) is 0 Å². The fourth-order valence-corrected chi connectivity index (χ4v) is 2.60. The van der Waals surface area contributed by atoms with Gasteiger partial charge in [-0.1, -0.05) is 11.6 Å². The number of halogens is 1. The normalized spacial score (nSPS) is 17.9. The molecule has 108 valence electrons. The van der Waals surface area contributed by atoms with Crippen molar-refractivity contribution in [3.05, 3.63) is 28.8 Å². The number of nitrogens with one attached hydrogen (secondary N) is 1. The van der Waals surface area contributed by atoms with Gasteiger partial charge in [0.25, 0.3) is 0 Å². The molecule has 1 fully saturated rings. The van der Waals surface area contributed by atoms with Crippen molar-refractivity contribution in [1.82, 2.24) is 5.32 Å². The number of alkyl carbamates (subject to hydrolysis) is 1. The van der Waals surface area contributed by atoms with Crippen molar-refractivity contribution in [1.29, 1.82) is 0 Å². The summed E-state index contributed by atoms with van der Waals surface area (Å²) in [4.78, 5) is 24.6. The van der Waals surface area contributed by atoms with Crippen LogP contribution in [0, 0.1) is 0 Å². The third kappa shape index (κ3) is 3.22. The van der Waals surface area contributed by atoms with Gasteiger partial charge in [0, 0.05) is 18.7 Å². The molecular formula is C14H17ClN2O3. The second-order valence-electron chi connectivity index (χ2n) is 4.79. The Bertz CT molecular complexity index is 533. The smallest absolute Gasteiger partial charge is 0.407 e. The van der Waals surface area contributed by atoms with E-state index >= 15 is 0 Å². The van der Waals surface area contributed by atoms with Crippen molar-refractivity contribution in [3.63, 3.8) is 0 Å². The zero-order chi connectivity index (χ0) is 14.7. The monoisotopic (exact) mass is 296 g/mol. The van der Waals surface area contributed by atoms with Crippen LogP contribution in [-0.2, 0) is 4.74 Å². The minimum Gasteiger partial charge on any atom is -0.453 e. The maximum absolute atomic E-state index is 11.3. The highest BCUT2D eigenvalue weighted by Crippen LogP contribution is 2.29. The van der Waals surface area contributed by atoms with E-state index in [1.165, 1.54) is 14.0 Å². The zero-order valence-electron chi connectivity index (χ0n) is 11.5. The van der Waals surface area contributed by atoms with Crippen LogP contribution in [0.25, 0.3) is 0 Å². The maximum atomic E-state index is 11.3. The highest BCUT2D eigenvalue weighted by molar-refractivity contribution is 6.33. The molecule has 0 bridgehead atoms. The predicted octanol–water partition coefficient (Wildman–Crippen LogP) is 2.48. The Morgan fingerprint density at radius 2 is 2.20 bits per heavy atom. The molecule has 1 N–H and O–H groups in total. The molecule has 0 radical (unpaired) electrons. The van der Waals surface area contributed by atoms with Crippen molar-refractivity contribution >= 4 is 29.2 Å². The lowest BCUT2D eigenvalue weighted by molar-refractivity contribution is 0.101. The number of Topliss-reactive ketones (excluding diaryl/α,β-unsaturated/α-hetero) is 1. The number of rotatable bonds is 3. The molecule has 5 nitrogen and oxygen atoms in total. The van der Waals surface area contributed by atoms with E-state index in [0.717, 1.165) is 18.7 Å². The van der Waals surface area contributed by atoms with Crippen LogP contribution in [0.2, 0.25) is 5.02 Å². The average molecular weight is 297 g/mol. The minimum absolute atomic E-state index is 0.00916. The summed E-state index contributed by atoms with van der Waals surface area (Å²) >= 11 is 6.23. The number of amides is 1. The first-order chi connectivity index (χ1) is 9.51. The molecule has 0 aliphatic carbocycles. The Morgan fingerprint density at radius 1 is 1.45 bits per heavy atom. The highest BCUT2D eigenvalue weighted by Gasteiger charge is 2.25. The van der Waals surface area contributed by atoms with Crippen LogP contribution >= 0.6 is 11.6 Å². The number of hydrogen-bond donors (Lipinski definition) is 1. The van der Waals surface area contributed by atoms with Gasteiger partial charge in [-0.2, -0.15) is 0 Å². The molecule has 1 atom stereocenters. The molecule has 0 aromatic heterocycles. The quantitative estimate of drug-likeness (QED) is 0.871. The van der Waals surface area contributed by atoms with Gasteiger partial charge in [-0.3, -0.25) is 4.79 Å². The fraction of sp³-hybridized carbons (Fsp3) is 0.429. The molecule has 1 heterocycles. The molecule has 1 unspecified atom stereocenters. The minimum atomic E-state index is -0.421. The number of anilines is 1. The number of methoxy groups -OCH3 is 1. The van der Waals surface area contributed by atoms with Crippen LogP contribution in [0.15, 0.2) is 18.2 Å². The summed E-state index contributed by atoms with van der Waals surface area (Å²) < 4.78 is 4.59. The van der Waals surface area contributed by atoms with Gasteiger partial charge in [-0.05, 0) is 31.5 Å². The molecule has 1 aliphatic rings. The van der Waals surface area contributed by atoms with Gasteiger partial charge in [0.1, 0.15) is 0 Å². The van der Waals surface area contributed by atoms with Crippen LogP contribution < -0.4 is 10.2 Å². The molecule has 6 heteroatoms. The van der Waals surface area contributed by atoms with Gasteiger partial charge >= 0.3 is 6.09 Å². The van der Waals surface area contributed by atoms with E-state index in [4.69, 9.17) is 11.6 Å². The van der Waals surface area contributed by atoms with Crippen molar-refractivity contribution in [2.75, 3.05) is 25.1 Å². The van der Waals surface area contributed by atoms with Gasteiger partial charge < -0.3 is 15.0 Å². The SMILES string of the molecule is COC(=O)NC1CCN(c2ccc(C(C)=O)cc2Cl)C1. The van der Waals surface area contributed by atoms with Crippen LogP contribution in [-0.4, -0.2) is 38.1 Å². The third-order valence-corrected chi connectivity index (χ3v) is 3.69. The lowest BCUT2D eigenvalue weighted by Gasteiger charge is -2.20. The van der Waals surface area contributed by atoms with Crippen molar-refractivity contribution in [2.24, 2.45) is 0 Å². The van der Waals surface area contributed by atoms with Crippen LogP contribution in [0.4, 0.5) is 10.5 Å². The maximum Gasteiger partial charge on any atom is 0.407 e. The highest BCUT2D eigenvalue weighted by atomic mass is 35.5. The number of nitrogens with zero attached hydrogens (tertiary/aromatic N) is 1. The lowest BCUT2D eigenvalue weighted by Crippen LogP contribution is -2.37. The molecule has 20 heavy (non-hydrogen) atoms. The Hall–Kier alpha value is -1.75. The molecule has 1 aliphatic heterocycles. The summed E-state index contributed by atoms with van der Waals surface area (Å²) in [5, 5.41) is 3.33. The van der Waals surface area contributed by atoms with Crippen LogP contribution in [0.1, 0.15) is 23.7 Å². The first-order valence-corrected chi connectivity index (χ1v) is 6.79. The van der Waals surface area contributed by atoms with E-state index < -0.39 is 6.09 Å². The Labute approximate surface area is 122 Å². The summed E-state index contributed by atoms with van der Waals surface area (Å²) in [6, 6.07) is 5.34. The van der Waals surface area contributed by atoms with Gasteiger partial charge in [-0.25, -0.2) is 4.79 Å². The number of ketones is 1. The Kier molecular flexibility index (Phi) is 4.49. The molecule has 0 spiro atoms. The third-order valence-electron chi connectivity index (χ3n) is 3.39. The van der Waals surface area contributed by atoms with Crippen LogP contribution in [0.3, 0.4) is 0 Å². The first kappa shape index (κ1) is 14.7. The fourth-order valence-electron chi connectivity index (χ4n) is 2.30. The average Bonchev–Trinajstić information content (AvgIpc) is 2.86. The number of ether oxygens (including phenoxy) is 1. The van der Waals surface area contributed by atoms with E-state index in [2.05, 4.69) is 15.0 Å². The molecule has 1 saturated heterocycles. The standard InChI is InChI=1S/C14H17ClN2O3/c1-9(18)10-3-4-13(12(15)7-10)17-6-5-11(8-17)16-14(19)20-2/h3-4,7,11H,5-6,8H2,1-2H3,(H,16,19). The van der Waals surface area contributed by atoms with E-state index in [1.54, 1.807) is 12.1 Å². The van der Waals surface area contributed by atoms with Gasteiger partial charge in [0.05, 0.1) is 23.9 Å². The van der Waals surface area contributed by atoms with Gasteiger partial charge in [0.2, 0.25) is 0 Å². The number of carbonyl (C=O) groups excluding carboxylic acids is 2.